The summed E-state index contributed by atoms with van der Waals surface area (Å²) in [5.74, 6) is -2.74. The van der Waals surface area contributed by atoms with Crippen LogP contribution in [0.3, 0.4) is 0 Å². The first kappa shape index (κ1) is 20.4. The van der Waals surface area contributed by atoms with E-state index in [1.54, 1.807) is 13.0 Å². The summed E-state index contributed by atoms with van der Waals surface area (Å²) in [7, 11) is 0. The number of ketones is 1. The maximum absolute atomic E-state index is 12.1. The lowest BCUT2D eigenvalue weighted by molar-refractivity contribution is -0.490. The summed E-state index contributed by atoms with van der Waals surface area (Å²) in [6.45, 7) is 0.934. The van der Waals surface area contributed by atoms with Gasteiger partial charge in [0.1, 0.15) is 5.78 Å². The van der Waals surface area contributed by atoms with E-state index in [4.69, 9.17) is 4.74 Å². The minimum absolute atomic E-state index is 0.151. The van der Waals surface area contributed by atoms with Crippen LogP contribution >= 0.6 is 0 Å². The second-order valence-electron chi connectivity index (χ2n) is 7.41. The van der Waals surface area contributed by atoms with Crippen LogP contribution in [0.1, 0.15) is 19.8 Å². The highest BCUT2D eigenvalue weighted by atomic mass is 16.6. The molecule has 3 rings (SSSR count). The molecule has 0 aromatic heterocycles. The molecule has 1 aliphatic carbocycles. The molecule has 0 spiro atoms. The molecule has 2 aromatic rings. The Balaban J connectivity index is 1.52. The van der Waals surface area contributed by atoms with Gasteiger partial charge in [0.15, 0.2) is 6.61 Å². The molecule has 0 unspecified atom stereocenters. The minimum atomic E-state index is -0.730. The third-order valence-corrected chi connectivity index (χ3v) is 5.33. The highest BCUT2D eigenvalue weighted by Crippen LogP contribution is 2.36. The van der Waals surface area contributed by atoms with Crippen molar-refractivity contribution in [1.82, 2.24) is 0 Å². The molecule has 1 aliphatic rings. The second-order valence-corrected chi connectivity index (χ2v) is 7.41. The number of rotatable bonds is 7. The fraction of sp³-hybridized carbons (Fsp3) is 0.381. The van der Waals surface area contributed by atoms with E-state index in [9.17, 15) is 24.5 Å². The van der Waals surface area contributed by atoms with Gasteiger partial charge < -0.3 is 10.1 Å². The third-order valence-electron chi connectivity index (χ3n) is 5.33. The largest absolute Gasteiger partial charge is 0.456 e. The van der Waals surface area contributed by atoms with Crippen LogP contribution in [0.25, 0.3) is 10.8 Å². The van der Waals surface area contributed by atoms with Gasteiger partial charge in [-0.05, 0) is 28.8 Å². The van der Waals surface area contributed by atoms with E-state index < -0.39 is 35.2 Å². The topological polar surface area (TPSA) is 116 Å². The Bertz CT molecular complexity index is 957. The van der Waals surface area contributed by atoms with Crippen molar-refractivity contribution in [2.45, 2.75) is 19.8 Å². The van der Waals surface area contributed by atoms with E-state index in [0.29, 0.717) is 5.69 Å². The number of benzene rings is 2. The number of ether oxygens (including phenoxy) is 1. The molecule has 8 heteroatoms. The van der Waals surface area contributed by atoms with Crippen molar-refractivity contribution in [3.05, 3.63) is 52.6 Å². The molecule has 8 nitrogen and oxygen atoms in total. The number of esters is 1. The number of nitro groups is 1. The van der Waals surface area contributed by atoms with Crippen molar-refractivity contribution < 1.29 is 24.0 Å². The van der Waals surface area contributed by atoms with Crippen molar-refractivity contribution in [2.24, 2.45) is 17.8 Å². The molecule has 1 fully saturated rings. The molecule has 0 aliphatic heterocycles. The Hall–Kier alpha value is -3.29. The fourth-order valence-corrected chi connectivity index (χ4v) is 3.85. The molecule has 1 N–H and O–H groups in total. The highest BCUT2D eigenvalue weighted by Gasteiger charge is 2.44. The number of Topliss-reactive ketones (excluding diaryl/α,β-unsaturated/α-hetero) is 1. The minimum Gasteiger partial charge on any atom is -0.456 e. The van der Waals surface area contributed by atoms with Gasteiger partial charge in [-0.3, -0.25) is 24.5 Å². The number of amides is 1. The predicted octanol–water partition coefficient (Wildman–Crippen LogP) is 2.83. The predicted molar refractivity (Wildman–Crippen MR) is 106 cm³/mol. The van der Waals surface area contributed by atoms with Crippen molar-refractivity contribution in [3.8, 4) is 0 Å². The first-order chi connectivity index (χ1) is 13.8. The van der Waals surface area contributed by atoms with Crippen LogP contribution in [-0.4, -0.2) is 35.7 Å². The summed E-state index contributed by atoms with van der Waals surface area (Å²) in [6, 6.07) is 13.1. The van der Waals surface area contributed by atoms with Gasteiger partial charge in [0.2, 0.25) is 6.54 Å². The van der Waals surface area contributed by atoms with Gasteiger partial charge in [-0.25, -0.2) is 0 Å². The lowest BCUT2D eigenvalue weighted by atomic mass is 9.88. The van der Waals surface area contributed by atoms with Crippen LogP contribution in [0.4, 0.5) is 5.69 Å². The number of carbonyl (C=O) groups excluding carboxylic acids is 3. The zero-order valence-electron chi connectivity index (χ0n) is 16.0. The number of hydrogen-bond donors (Lipinski definition) is 1. The van der Waals surface area contributed by atoms with Gasteiger partial charge in [-0.15, -0.1) is 0 Å². The molecule has 0 saturated heterocycles. The number of anilines is 1. The molecule has 152 valence electrons. The lowest BCUT2D eigenvalue weighted by Gasteiger charge is -2.17. The number of nitrogens with one attached hydrogen (secondary N) is 1. The number of fused-ring (bicyclic) bond motifs is 1. The molecular formula is C21H22N2O6. The summed E-state index contributed by atoms with van der Waals surface area (Å²) in [5, 5.41) is 15.5. The van der Waals surface area contributed by atoms with E-state index in [1.165, 1.54) is 0 Å². The standard InChI is InChI=1S/C21H22N2O6/c1-13-8-19(24)17(18(13)11-23(27)28)10-21(26)29-12-20(25)22-16-7-6-14-4-2-3-5-15(14)9-16/h2-7,9,13,17-18H,8,10-12H2,1H3,(H,22,25)/t13-,17+,18+/m0/s1. The zero-order valence-corrected chi connectivity index (χ0v) is 16.0. The third kappa shape index (κ3) is 5.16. The van der Waals surface area contributed by atoms with E-state index >= 15 is 0 Å². The van der Waals surface area contributed by atoms with Gasteiger partial charge in [0.25, 0.3) is 5.91 Å². The molecule has 29 heavy (non-hydrogen) atoms. The quantitative estimate of drug-likeness (QED) is 0.436. The second kappa shape index (κ2) is 8.81. The van der Waals surface area contributed by atoms with E-state index in [2.05, 4.69) is 5.32 Å². The van der Waals surface area contributed by atoms with Crippen LogP contribution in [-0.2, 0) is 19.1 Å². The summed E-state index contributed by atoms with van der Waals surface area (Å²) < 4.78 is 4.99. The Kier molecular flexibility index (Phi) is 6.21. The van der Waals surface area contributed by atoms with Crippen molar-refractivity contribution in [2.75, 3.05) is 18.5 Å². The average Bonchev–Trinajstić information content (AvgIpc) is 2.93. The summed E-state index contributed by atoms with van der Waals surface area (Å²) >= 11 is 0. The van der Waals surface area contributed by atoms with Crippen LogP contribution in [0.5, 0.6) is 0 Å². The first-order valence-corrected chi connectivity index (χ1v) is 9.42. The van der Waals surface area contributed by atoms with Gasteiger partial charge in [-0.1, -0.05) is 37.3 Å². The first-order valence-electron chi connectivity index (χ1n) is 9.42. The maximum Gasteiger partial charge on any atom is 0.307 e. The number of hydrogen-bond acceptors (Lipinski definition) is 6. The molecule has 2 aromatic carbocycles. The Morgan fingerprint density at radius 1 is 1.21 bits per heavy atom. The Labute approximate surface area is 167 Å². The number of carbonyl (C=O) groups is 3. The monoisotopic (exact) mass is 398 g/mol. The van der Waals surface area contributed by atoms with E-state index in [0.717, 1.165) is 10.8 Å². The Morgan fingerprint density at radius 2 is 1.93 bits per heavy atom. The highest BCUT2D eigenvalue weighted by molar-refractivity contribution is 5.96. The molecule has 1 amide bonds. The number of nitrogens with zero attached hydrogens (tertiary/aromatic N) is 1. The van der Waals surface area contributed by atoms with Crippen LogP contribution in [0, 0.1) is 27.9 Å². The molecule has 0 bridgehead atoms. The van der Waals surface area contributed by atoms with Crippen LogP contribution < -0.4 is 5.32 Å². The van der Waals surface area contributed by atoms with Gasteiger partial charge in [-0.2, -0.15) is 0 Å². The average molecular weight is 398 g/mol. The SMILES string of the molecule is C[C@H]1CC(=O)[C@H](CC(=O)OCC(=O)Nc2ccc3ccccc3c2)[C@@H]1C[N+](=O)[O-]. The molecule has 3 atom stereocenters. The smallest absolute Gasteiger partial charge is 0.307 e. The van der Waals surface area contributed by atoms with E-state index in [-0.39, 0.29) is 31.1 Å². The van der Waals surface area contributed by atoms with Crippen molar-refractivity contribution in [3.63, 3.8) is 0 Å². The maximum atomic E-state index is 12.1. The van der Waals surface area contributed by atoms with Gasteiger partial charge >= 0.3 is 5.97 Å². The lowest BCUT2D eigenvalue weighted by Crippen LogP contribution is -2.28. The summed E-state index contributed by atoms with van der Waals surface area (Å²) in [5.41, 5.74) is 0.579. The zero-order chi connectivity index (χ0) is 21.0. The molecular weight excluding hydrogens is 376 g/mol. The van der Waals surface area contributed by atoms with Crippen LogP contribution in [0.2, 0.25) is 0 Å². The van der Waals surface area contributed by atoms with Crippen molar-refractivity contribution in [1.29, 1.82) is 0 Å². The van der Waals surface area contributed by atoms with E-state index in [1.807, 2.05) is 36.4 Å². The van der Waals surface area contributed by atoms with Crippen LogP contribution in [0.15, 0.2) is 42.5 Å². The van der Waals surface area contributed by atoms with Gasteiger partial charge in [0, 0.05) is 28.9 Å². The summed E-state index contributed by atoms with van der Waals surface area (Å²) in [6.07, 6.45) is -0.0240. The molecule has 0 heterocycles. The summed E-state index contributed by atoms with van der Waals surface area (Å²) in [4.78, 5) is 46.6. The van der Waals surface area contributed by atoms with Crippen molar-refractivity contribution >= 4 is 34.1 Å². The molecule has 1 saturated carbocycles. The fourth-order valence-electron chi connectivity index (χ4n) is 3.85. The molecule has 0 radical (unpaired) electrons. The van der Waals surface area contributed by atoms with Gasteiger partial charge in [0.05, 0.1) is 6.42 Å². The normalized spacial score (nSPS) is 21.1. The Morgan fingerprint density at radius 3 is 2.66 bits per heavy atom.